The van der Waals surface area contributed by atoms with E-state index < -0.39 is 10.0 Å². The van der Waals surface area contributed by atoms with Gasteiger partial charge in [0.15, 0.2) is 0 Å². The molecule has 6 nitrogen and oxygen atoms in total. The molecular weight excluding hydrogens is 266 g/mol. The highest BCUT2D eigenvalue weighted by Crippen LogP contribution is 2.16. The van der Waals surface area contributed by atoms with Gasteiger partial charge < -0.3 is 10.6 Å². The maximum absolute atomic E-state index is 12.2. The highest BCUT2D eigenvalue weighted by atomic mass is 32.2. The molecule has 0 saturated carbocycles. The molecule has 7 heteroatoms. The van der Waals surface area contributed by atoms with E-state index in [4.69, 9.17) is 5.73 Å². The third kappa shape index (κ3) is 3.24. The fraction of sp³-hybridized carbons (Fsp3) is 0.417. The van der Waals surface area contributed by atoms with Crippen LogP contribution in [0.4, 0.5) is 5.69 Å². The van der Waals surface area contributed by atoms with E-state index in [1.54, 1.807) is 19.2 Å². The number of carbonyl (C=O) groups is 1. The topological polar surface area (TPSA) is 92.5 Å². The molecule has 104 valence electrons. The lowest BCUT2D eigenvalue weighted by Gasteiger charge is -2.29. The fourth-order valence-electron chi connectivity index (χ4n) is 2.08. The second-order valence-electron chi connectivity index (χ2n) is 4.70. The lowest BCUT2D eigenvalue weighted by molar-refractivity contribution is -0.132. The predicted octanol–water partition coefficient (Wildman–Crippen LogP) is 0.168. The Morgan fingerprint density at radius 2 is 2.16 bits per heavy atom. The Morgan fingerprint density at radius 1 is 1.42 bits per heavy atom. The number of carbonyl (C=O) groups excluding carboxylic acids is 1. The molecular formula is C12H17N3O3S. The summed E-state index contributed by atoms with van der Waals surface area (Å²) in [5.41, 5.74) is 5.99. The molecule has 1 atom stereocenters. The number of sulfonamides is 1. The van der Waals surface area contributed by atoms with Gasteiger partial charge in [-0.05, 0) is 24.6 Å². The van der Waals surface area contributed by atoms with Gasteiger partial charge >= 0.3 is 0 Å². The van der Waals surface area contributed by atoms with Crippen LogP contribution in [0.1, 0.15) is 12.8 Å². The Morgan fingerprint density at radius 3 is 2.79 bits per heavy atom. The summed E-state index contributed by atoms with van der Waals surface area (Å²) in [6, 6.07) is 5.89. The summed E-state index contributed by atoms with van der Waals surface area (Å²) in [6.45, 7) is 0.389. The smallest absolute Gasteiger partial charge is 0.240 e. The molecule has 0 aliphatic carbocycles. The number of likely N-dealkylation sites (tertiary alicyclic amines) is 1. The second-order valence-corrected chi connectivity index (χ2v) is 6.42. The first-order valence-corrected chi connectivity index (χ1v) is 7.48. The first-order chi connectivity index (χ1) is 8.88. The lowest BCUT2D eigenvalue weighted by Crippen LogP contribution is -2.48. The van der Waals surface area contributed by atoms with Crippen LogP contribution in [0, 0.1) is 0 Å². The number of rotatable bonds is 3. The number of hydrogen-bond acceptors (Lipinski definition) is 4. The van der Waals surface area contributed by atoms with Crippen LogP contribution in [0.25, 0.3) is 0 Å². The third-order valence-electron chi connectivity index (χ3n) is 3.12. The maximum Gasteiger partial charge on any atom is 0.240 e. The number of hydrogen-bond donors (Lipinski definition) is 2. The Balaban J connectivity index is 2.12. The SMILES string of the molecule is CN1CC(NS(=O)(=O)c2cccc(N)c2)CCC1=O. The Kier molecular flexibility index (Phi) is 3.77. The number of nitrogens with one attached hydrogen (secondary N) is 1. The van der Waals surface area contributed by atoms with Gasteiger partial charge in [0.25, 0.3) is 0 Å². The first-order valence-electron chi connectivity index (χ1n) is 6.00. The Bertz CT molecular complexity index is 586. The first kappa shape index (κ1) is 13.8. The number of piperidine rings is 1. The summed E-state index contributed by atoms with van der Waals surface area (Å²) >= 11 is 0. The molecule has 1 aliphatic rings. The monoisotopic (exact) mass is 283 g/mol. The zero-order valence-electron chi connectivity index (χ0n) is 10.7. The lowest BCUT2D eigenvalue weighted by atomic mass is 10.1. The summed E-state index contributed by atoms with van der Waals surface area (Å²) in [5.74, 6) is 0.0411. The van der Waals surface area contributed by atoms with E-state index in [0.717, 1.165) is 0 Å². The fourth-order valence-corrected chi connectivity index (χ4v) is 3.39. The Labute approximate surface area is 112 Å². The molecule has 1 unspecified atom stereocenters. The van der Waals surface area contributed by atoms with Gasteiger partial charge in [0.1, 0.15) is 0 Å². The van der Waals surface area contributed by atoms with Crippen molar-refractivity contribution in [3.05, 3.63) is 24.3 Å². The molecule has 2 rings (SSSR count). The minimum Gasteiger partial charge on any atom is -0.399 e. The summed E-state index contributed by atoms with van der Waals surface area (Å²) in [6.07, 6.45) is 0.880. The van der Waals surface area contributed by atoms with E-state index in [-0.39, 0.29) is 16.8 Å². The average Bonchev–Trinajstić information content (AvgIpc) is 2.33. The molecule has 19 heavy (non-hydrogen) atoms. The van der Waals surface area contributed by atoms with Crippen LogP contribution in [-0.2, 0) is 14.8 Å². The van der Waals surface area contributed by atoms with Gasteiger partial charge in [-0.2, -0.15) is 0 Å². The van der Waals surface area contributed by atoms with Gasteiger partial charge in [-0.25, -0.2) is 13.1 Å². The van der Waals surface area contributed by atoms with E-state index in [0.29, 0.717) is 25.1 Å². The van der Waals surface area contributed by atoms with E-state index in [1.807, 2.05) is 0 Å². The van der Waals surface area contributed by atoms with Gasteiger partial charge in [0, 0.05) is 31.7 Å². The van der Waals surface area contributed by atoms with Crippen LogP contribution in [0.3, 0.4) is 0 Å². The number of benzene rings is 1. The summed E-state index contributed by atoms with van der Waals surface area (Å²) < 4.78 is 27.0. The Hall–Kier alpha value is -1.60. The van der Waals surface area contributed by atoms with Crippen molar-refractivity contribution in [1.82, 2.24) is 9.62 Å². The molecule has 0 aromatic heterocycles. The van der Waals surface area contributed by atoms with Crippen LogP contribution in [0.15, 0.2) is 29.2 Å². The molecule has 1 amide bonds. The van der Waals surface area contributed by atoms with E-state index in [9.17, 15) is 13.2 Å². The molecule has 1 aromatic carbocycles. The molecule has 1 aromatic rings. The van der Waals surface area contributed by atoms with Crippen LogP contribution in [0.5, 0.6) is 0 Å². The van der Waals surface area contributed by atoms with Gasteiger partial charge in [-0.1, -0.05) is 6.07 Å². The van der Waals surface area contributed by atoms with Crippen molar-refractivity contribution in [2.45, 2.75) is 23.8 Å². The van der Waals surface area contributed by atoms with Gasteiger partial charge in [0.05, 0.1) is 4.90 Å². The van der Waals surface area contributed by atoms with Crippen molar-refractivity contribution in [1.29, 1.82) is 0 Å². The molecule has 0 radical (unpaired) electrons. The standard InChI is InChI=1S/C12H17N3O3S/c1-15-8-10(5-6-12(15)16)14-19(17,18)11-4-2-3-9(13)7-11/h2-4,7,10,14H,5-6,8,13H2,1H3. The van der Waals surface area contributed by atoms with E-state index in [2.05, 4.69) is 4.72 Å². The molecule has 0 bridgehead atoms. The van der Waals surface area contributed by atoms with E-state index >= 15 is 0 Å². The number of likely N-dealkylation sites (N-methyl/N-ethyl adjacent to an activating group) is 1. The largest absolute Gasteiger partial charge is 0.399 e. The minimum absolute atomic E-state index is 0.0411. The molecule has 1 fully saturated rings. The number of anilines is 1. The highest BCUT2D eigenvalue weighted by Gasteiger charge is 2.27. The summed E-state index contributed by atoms with van der Waals surface area (Å²) in [5, 5.41) is 0. The molecule has 1 aliphatic heterocycles. The van der Waals surface area contributed by atoms with E-state index in [1.165, 1.54) is 17.0 Å². The quantitative estimate of drug-likeness (QED) is 0.773. The van der Waals surface area contributed by atoms with Crippen molar-refractivity contribution >= 4 is 21.6 Å². The number of nitrogens with zero attached hydrogens (tertiary/aromatic N) is 1. The average molecular weight is 283 g/mol. The van der Waals surface area contributed by atoms with Crippen LogP contribution in [-0.4, -0.2) is 38.9 Å². The zero-order chi connectivity index (χ0) is 14.0. The molecule has 0 spiro atoms. The number of nitrogens with two attached hydrogens (primary N) is 1. The highest BCUT2D eigenvalue weighted by molar-refractivity contribution is 7.89. The zero-order valence-corrected chi connectivity index (χ0v) is 11.5. The normalized spacial score (nSPS) is 20.6. The van der Waals surface area contributed by atoms with Crippen molar-refractivity contribution < 1.29 is 13.2 Å². The third-order valence-corrected chi connectivity index (χ3v) is 4.64. The van der Waals surface area contributed by atoms with Crippen molar-refractivity contribution in [2.75, 3.05) is 19.3 Å². The molecule has 1 heterocycles. The van der Waals surface area contributed by atoms with Gasteiger partial charge in [0.2, 0.25) is 15.9 Å². The van der Waals surface area contributed by atoms with Crippen molar-refractivity contribution in [3.63, 3.8) is 0 Å². The van der Waals surface area contributed by atoms with Gasteiger partial charge in [-0.3, -0.25) is 4.79 Å². The minimum atomic E-state index is -3.59. The summed E-state index contributed by atoms with van der Waals surface area (Å²) in [7, 11) is -1.92. The number of nitrogen functional groups attached to an aromatic ring is 1. The summed E-state index contributed by atoms with van der Waals surface area (Å²) in [4.78, 5) is 13.0. The van der Waals surface area contributed by atoms with Gasteiger partial charge in [-0.15, -0.1) is 0 Å². The molecule has 1 saturated heterocycles. The number of amides is 1. The van der Waals surface area contributed by atoms with Crippen LogP contribution < -0.4 is 10.5 Å². The van der Waals surface area contributed by atoms with Crippen LogP contribution >= 0.6 is 0 Å². The van der Waals surface area contributed by atoms with Crippen molar-refractivity contribution in [3.8, 4) is 0 Å². The maximum atomic E-state index is 12.2. The predicted molar refractivity (Wildman–Crippen MR) is 71.8 cm³/mol. The van der Waals surface area contributed by atoms with Crippen LogP contribution in [0.2, 0.25) is 0 Å². The second kappa shape index (κ2) is 5.18. The molecule has 3 N–H and O–H groups in total. The van der Waals surface area contributed by atoms with Crippen molar-refractivity contribution in [2.24, 2.45) is 0 Å².